The molecule has 0 aromatic rings. The molecule has 0 aliphatic rings. The smallest absolute Gasteiger partial charge is 0.233 e. The van der Waals surface area contributed by atoms with Gasteiger partial charge in [0.2, 0.25) is 11.8 Å². The van der Waals surface area contributed by atoms with Crippen LogP contribution >= 0.6 is 0 Å². The molecule has 0 bridgehead atoms. The second-order valence-electron chi connectivity index (χ2n) is 5.85. The maximum atomic E-state index is 11.4. The average molecular weight is 299 g/mol. The summed E-state index contributed by atoms with van der Waals surface area (Å²) in [4.78, 5) is 22.7. The summed E-state index contributed by atoms with van der Waals surface area (Å²) in [6, 6.07) is 0. The van der Waals surface area contributed by atoms with Gasteiger partial charge >= 0.3 is 0 Å². The van der Waals surface area contributed by atoms with Crippen molar-refractivity contribution in [3.63, 3.8) is 0 Å². The largest absolute Gasteiger partial charge is 0.356 e. The Kier molecular flexibility index (Phi) is 13.1. The van der Waals surface area contributed by atoms with E-state index in [1.165, 1.54) is 0 Å². The summed E-state index contributed by atoms with van der Waals surface area (Å²) in [5, 5.41) is 8.84. The van der Waals surface area contributed by atoms with Crippen LogP contribution in [0.15, 0.2) is 0 Å². The Morgan fingerprint density at radius 1 is 0.857 bits per heavy atom. The quantitative estimate of drug-likeness (QED) is 0.454. The lowest BCUT2D eigenvalue weighted by Gasteiger charge is -2.07. The molecular weight excluding hydrogens is 266 g/mol. The maximum Gasteiger partial charge on any atom is 0.233 e. The number of hydrogen-bond donors (Lipinski definition) is 3. The molecule has 0 rings (SSSR count). The molecule has 3 N–H and O–H groups in total. The number of nitrogens with one attached hydrogen (secondary N) is 3. The van der Waals surface area contributed by atoms with Crippen molar-refractivity contribution in [3.8, 4) is 0 Å². The van der Waals surface area contributed by atoms with Crippen LogP contribution in [-0.4, -0.2) is 38.0 Å². The Hall–Kier alpha value is -1.10. The Morgan fingerprint density at radius 2 is 1.38 bits per heavy atom. The molecule has 2 amide bonds. The molecule has 21 heavy (non-hydrogen) atoms. The van der Waals surface area contributed by atoms with Crippen molar-refractivity contribution in [1.29, 1.82) is 0 Å². The van der Waals surface area contributed by atoms with Gasteiger partial charge in [0, 0.05) is 19.5 Å². The first-order valence-corrected chi connectivity index (χ1v) is 8.30. The van der Waals surface area contributed by atoms with Crippen molar-refractivity contribution in [2.24, 2.45) is 5.92 Å². The second kappa shape index (κ2) is 13.9. The molecule has 0 saturated carbocycles. The van der Waals surface area contributed by atoms with Gasteiger partial charge in [0.25, 0.3) is 0 Å². The molecule has 0 aromatic heterocycles. The molecule has 0 saturated heterocycles. The van der Waals surface area contributed by atoms with Crippen LogP contribution in [0, 0.1) is 5.92 Å². The van der Waals surface area contributed by atoms with Gasteiger partial charge in [-0.3, -0.25) is 9.59 Å². The van der Waals surface area contributed by atoms with Gasteiger partial charge in [-0.2, -0.15) is 0 Å². The summed E-state index contributed by atoms with van der Waals surface area (Å²) in [5.74, 6) is 0.658. The molecular formula is C16H33N3O2. The maximum absolute atomic E-state index is 11.4. The van der Waals surface area contributed by atoms with Crippen LogP contribution in [0.25, 0.3) is 0 Å². The third-order valence-electron chi connectivity index (χ3n) is 3.13. The fourth-order valence-corrected chi connectivity index (χ4v) is 1.98. The summed E-state index contributed by atoms with van der Waals surface area (Å²) in [5.41, 5.74) is 0. The minimum absolute atomic E-state index is 0.0738. The third-order valence-corrected chi connectivity index (χ3v) is 3.13. The Labute approximate surface area is 129 Å². The third kappa shape index (κ3) is 15.1. The van der Waals surface area contributed by atoms with Crippen molar-refractivity contribution in [1.82, 2.24) is 16.0 Å². The van der Waals surface area contributed by atoms with E-state index >= 15 is 0 Å². The topological polar surface area (TPSA) is 70.2 Å². The molecule has 5 heteroatoms. The molecule has 5 nitrogen and oxygen atoms in total. The number of likely N-dealkylation sites (N-methyl/N-ethyl adjacent to an activating group) is 1. The first-order chi connectivity index (χ1) is 10.1. The fourth-order valence-electron chi connectivity index (χ4n) is 1.98. The number of carbonyl (C=O) groups excluding carboxylic acids is 2. The fraction of sp³-hybridized carbons (Fsp3) is 0.875. The van der Waals surface area contributed by atoms with Crippen molar-refractivity contribution >= 4 is 11.8 Å². The molecule has 0 aliphatic carbocycles. The van der Waals surface area contributed by atoms with Gasteiger partial charge in [-0.05, 0) is 25.3 Å². The van der Waals surface area contributed by atoms with Crippen LogP contribution in [-0.2, 0) is 9.59 Å². The molecule has 0 aliphatic heterocycles. The van der Waals surface area contributed by atoms with Gasteiger partial charge in [-0.1, -0.05) is 40.0 Å². The zero-order chi connectivity index (χ0) is 15.9. The molecule has 0 heterocycles. The lowest BCUT2D eigenvalue weighted by molar-refractivity contribution is -0.122. The standard InChI is InChI=1S/C16H33N3O2/c1-4-17-13-16(21)19-11-9-7-5-6-8-10-18-15(20)12-14(2)3/h14,17H,4-13H2,1-3H3,(H,18,20)(H,19,21). The van der Waals surface area contributed by atoms with Crippen LogP contribution in [0.1, 0.15) is 59.3 Å². The monoisotopic (exact) mass is 299 g/mol. The minimum Gasteiger partial charge on any atom is -0.356 e. The highest BCUT2D eigenvalue weighted by atomic mass is 16.2. The number of amides is 2. The van der Waals surface area contributed by atoms with E-state index in [-0.39, 0.29) is 11.8 Å². The summed E-state index contributed by atoms with van der Waals surface area (Å²) in [6.45, 7) is 8.86. The van der Waals surface area contributed by atoms with E-state index in [1.807, 2.05) is 6.92 Å². The number of carbonyl (C=O) groups is 2. The zero-order valence-corrected chi connectivity index (χ0v) is 14.0. The SMILES string of the molecule is CCNCC(=O)NCCCCCCCNC(=O)CC(C)C. The van der Waals surface area contributed by atoms with Crippen LogP contribution in [0.5, 0.6) is 0 Å². The second-order valence-corrected chi connectivity index (χ2v) is 5.85. The van der Waals surface area contributed by atoms with Crippen molar-refractivity contribution in [2.75, 3.05) is 26.2 Å². The number of unbranched alkanes of at least 4 members (excludes halogenated alkanes) is 4. The number of hydrogen-bond acceptors (Lipinski definition) is 3. The first kappa shape index (κ1) is 19.9. The van der Waals surface area contributed by atoms with Crippen molar-refractivity contribution in [3.05, 3.63) is 0 Å². The van der Waals surface area contributed by atoms with E-state index in [4.69, 9.17) is 0 Å². The highest BCUT2D eigenvalue weighted by Crippen LogP contribution is 2.02. The Morgan fingerprint density at radius 3 is 1.90 bits per heavy atom. The van der Waals surface area contributed by atoms with E-state index in [2.05, 4.69) is 29.8 Å². The van der Waals surface area contributed by atoms with Crippen LogP contribution in [0.3, 0.4) is 0 Å². The summed E-state index contributed by atoms with van der Waals surface area (Å²) in [7, 11) is 0. The molecule has 0 fully saturated rings. The van der Waals surface area contributed by atoms with Gasteiger partial charge in [-0.25, -0.2) is 0 Å². The summed E-state index contributed by atoms with van der Waals surface area (Å²) in [6.07, 6.45) is 6.10. The predicted molar refractivity (Wildman–Crippen MR) is 87.1 cm³/mol. The minimum atomic E-state index is 0.0738. The van der Waals surface area contributed by atoms with Gasteiger partial charge in [0.1, 0.15) is 0 Å². The molecule has 0 aromatic carbocycles. The predicted octanol–water partition coefficient (Wildman–Crippen LogP) is 1.82. The first-order valence-electron chi connectivity index (χ1n) is 8.30. The molecule has 0 unspecified atom stereocenters. The normalized spacial score (nSPS) is 10.7. The van der Waals surface area contributed by atoms with E-state index in [0.717, 1.165) is 51.7 Å². The Balaban J connectivity index is 3.22. The highest BCUT2D eigenvalue weighted by Gasteiger charge is 2.03. The van der Waals surface area contributed by atoms with Crippen LogP contribution in [0.4, 0.5) is 0 Å². The van der Waals surface area contributed by atoms with Crippen molar-refractivity contribution < 1.29 is 9.59 Å². The Bertz CT molecular complexity index is 281. The molecule has 0 atom stereocenters. The number of rotatable bonds is 13. The lowest BCUT2D eigenvalue weighted by Crippen LogP contribution is -2.34. The van der Waals surface area contributed by atoms with Gasteiger partial charge in [-0.15, -0.1) is 0 Å². The van der Waals surface area contributed by atoms with Gasteiger partial charge in [0.15, 0.2) is 0 Å². The van der Waals surface area contributed by atoms with Crippen molar-refractivity contribution in [2.45, 2.75) is 59.3 Å². The van der Waals surface area contributed by atoms with Crippen LogP contribution < -0.4 is 16.0 Å². The van der Waals surface area contributed by atoms with Gasteiger partial charge in [0.05, 0.1) is 6.54 Å². The molecule has 0 spiro atoms. The van der Waals surface area contributed by atoms with E-state index in [0.29, 0.717) is 18.9 Å². The van der Waals surface area contributed by atoms with E-state index in [9.17, 15) is 9.59 Å². The van der Waals surface area contributed by atoms with E-state index < -0.39 is 0 Å². The zero-order valence-electron chi connectivity index (χ0n) is 14.0. The lowest BCUT2D eigenvalue weighted by atomic mass is 10.1. The summed E-state index contributed by atoms with van der Waals surface area (Å²) >= 11 is 0. The summed E-state index contributed by atoms with van der Waals surface area (Å²) < 4.78 is 0. The van der Waals surface area contributed by atoms with E-state index in [1.54, 1.807) is 0 Å². The van der Waals surface area contributed by atoms with Gasteiger partial charge < -0.3 is 16.0 Å². The highest BCUT2D eigenvalue weighted by molar-refractivity contribution is 5.77. The van der Waals surface area contributed by atoms with Crippen LogP contribution in [0.2, 0.25) is 0 Å². The molecule has 0 radical (unpaired) electrons. The molecule has 124 valence electrons. The average Bonchev–Trinajstić information content (AvgIpc) is 2.42.